The Morgan fingerprint density at radius 1 is 1.16 bits per heavy atom. The third kappa shape index (κ3) is 4.94. The summed E-state index contributed by atoms with van der Waals surface area (Å²) in [5.41, 5.74) is 4.83. The summed E-state index contributed by atoms with van der Waals surface area (Å²) in [5.74, 6) is 0.701. The van der Waals surface area contributed by atoms with Crippen molar-refractivity contribution in [3.8, 4) is 5.75 Å². The number of ether oxygens (including phenoxy) is 1. The highest BCUT2D eigenvalue weighted by atomic mass is 35.5. The average molecular weight is 439 g/mol. The Morgan fingerprint density at radius 2 is 1.97 bits per heavy atom. The van der Waals surface area contributed by atoms with Gasteiger partial charge in [-0.05, 0) is 61.1 Å². The van der Waals surface area contributed by atoms with Crippen molar-refractivity contribution in [3.63, 3.8) is 0 Å². The maximum Gasteiger partial charge on any atom is 0.252 e. The molecule has 0 spiro atoms. The molecule has 0 saturated heterocycles. The number of rotatable bonds is 6. The molecule has 4 rings (SSSR count). The molecule has 2 atom stereocenters. The molecule has 0 saturated carbocycles. The topological polar surface area (TPSA) is 70.6 Å². The number of carbonyl (C=O) groups excluding carboxylic acids is 1. The van der Waals surface area contributed by atoms with Gasteiger partial charge >= 0.3 is 0 Å². The fourth-order valence-corrected chi connectivity index (χ4v) is 4.59. The van der Waals surface area contributed by atoms with Gasteiger partial charge in [-0.2, -0.15) is 0 Å². The van der Waals surface area contributed by atoms with Gasteiger partial charge in [-0.25, -0.2) is 0 Å². The molecule has 3 N–H and O–H groups in total. The van der Waals surface area contributed by atoms with E-state index in [1.807, 2.05) is 55.5 Å². The minimum atomic E-state index is -1.06. The van der Waals surface area contributed by atoms with E-state index in [0.29, 0.717) is 23.6 Å². The maximum absolute atomic E-state index is 12.7. The highest BCUT2D eigenvalue weighted by Gasteiger charge is 2.30. The Balaban J connectivity index is 1.57. The zero-order valence-corrected chi connectivity index (χ0v) is 18.3. The highest BCUT2D eigenvalue weighted by Crippen LogP contribution is 2.38. The minimum absolute atomic E-state index is 0.143. The standard InChI is InChI=1S/C25H27ClN2O3/c1-2-31-19-12-13-20(22(26)15-19)17-8-10-18(11-9-17)23-21(24(29)28-25(30)27-23)14-16-6-4-3-5-7-16/h3-8,12-13,15,18,25,27,30H,2,9-11,14H2,1H3,(H,28,29). The highest BCUT2D eigenvalue weighted by molar-refractivity contribution is 6.32. The predicted molar refractivity (Wildman–Crippen MR) is 122 cm³/mol. The summed E-state index contributed by atoms with van der Waals surface area (Å²) in [6.07, 6.45) is 4.16. The quantitative estimate of drug-likeness (QED) is 0.624. The molecular formula is C25H27ClN2O3. The fourth-order valence-electron chi connectivity index (χ4n) is 4.30. The van der Waals surface area contributed by atoms with Crippen LogP contribution < -0.4 is 15.4 Å². The Labute approximate surface area is 187 Å². The van der Waals surface area contributed by atoms with Crippen molar-refractivity contribution in [2.45, 2.75) is 39.0 Å². The largest absolute Gasteiger partial charge is 0.494 e. The number of aliphatic hydroxyl groups is 1. The van der Waals surface area contributed by atoms with Crippen LogP contribution in [0.15, 0.2) is 65.9 Å². The lowest BCUT2D eigenvalue weighted by Crippen LogP contribution is -2.52. The van der Waals surface area contributed by atoms with Gasteiger partial charge in [0.25, 0.3) is 5.91 Å². The Hall–Kier alpha value is -2.76. The van der Waals surface area contributed by atoms with E-state index in [1.54, 1.807) is 0 Å². The molecule has 1 heterocycles. The summed E-state index contributed by atoms with van der Waals surface area (Å²) in [4.78, 5) is 12.7. The van der Waals surface area contributed by atoms with E-state index in [-0.39, 0.29) is 11.8 Å². The molecule has 0 bridgehead atoms. The van der Waals surface area contributed by atoms with Gasteiger partial charge < -0.3 is 20.5 Å². The van der Waals surface area contributed by atoms with Gasteiger partial charge in [0.2, 0.25) is 6.35 Å². The molecule has 162 valence electrons. The van der Waals surface area contributed by atoms with E-state index < -0.39 is 6.35 Å². The molecule has 0 radical (unpaired) electrons. The van der Waals surface area contributed by atoms with E-state index in [4.69, 9.17) is 16.3 Å². The number of hydrogen-bond acceptors (Lipinski definition) is 4. The summed E-state index contributed by atoms with van der Waals surface area (Å²) in [7, 11) is 0. The van der Waals surface area contributed by atoms with E-state index in [2.05, 4.69) is 16.7 Å². The van der Waals surface area contributed by atoms with Gasteiger partial charge in [0.15, 0.2) is 0 Å². The number of amides is 1. The van der Waals surface area contributed by atoms with Crippen LogP contribution in [0.5, 0.6) is 5.75 Å². The first kappa shape index (κ1) is 21.5. The molecule has 1 aliphatic carbocycles. The van der Waals surface area contributed by atoms with E-state index >= 15 is 0 Å². The molecule has 0 aromatic heterocycles. The number of hydrogen-bond donors (Lipinski definition) is 3. The van der Waals surface area contributed by atoms with Crippen LogP contribution >= 0.6 is 11.6 Å². The Morgan fingerprint density at radius 3 is 2.65 bits per heavy atom. The van der Waals surface area contributed by atoms with Crippen molar-refractivity contribution in [2.24, 2.45) is 5.92 Å². The average Bonchev–Trinajstić information content (AvgIpc) is 2.77. The van der Waals surface area contributed by atoms with Crippen LogP contribution in [0, 0.1) is 5.92 Å². The second kappa shape index (κ2) is 9.58. The Bertz CT molecular complexity index is 1020. The van der Waals surface area contributed by atoms with Gasteiger partial charge in [-0.1, -0.05) is 48.0 Å². The zero-order chi connectivity index (χ0) is 21.8. The molecular weight excluding hydrogens is 412 g/mol. The van der Waals surface area contributed by atoms with Gasteiger partial charge in [0, 0.05) is 23.6 Å². The van der Waals surface area contributed by atoms with Crippen molar-refractivity contribution in [3.05, 3.63) is 82.0 Å². The zero-order valence-electron chi connectivity index (χ0n) is 17.5. The summed E-state index contributed by atoms with van der Waals surface area (Å²) in [6.45, 7) is 2.55. The second-order valence-electron chi connectivity index (χ2n) is 7.85. The van der Waals surface area contributed by atoms with Crippen LogP contribution in [-0.4, -0.2) is 24.0 Å². The number of aliphatic hydroxyl groups excluding tert-OH is 1. The van der Waals surface area contributed by atoms with Crippen LogP contribution in [0.2, 0.25) is 5.02 Å². The van der Waals surface area contributed by atoms with Gasteiger partial charge in [-0.3, -0.25) is 4.79 Å². The molecule has 2 unspecified atom stereocenters. The van der Waals surface area contributed by atoms with Crippen LogP contribution in [0.25, 0.3) is 5.57 Å². The lowest BCUT2D eigenvalue weighted by Gasteiger charge is -2.33. The first-order chi connectivity index (χ1) is 15.0. The molecule has 2 aromatic rings. The van der Waals surface area contributed by atoms with E-state index in [0.717, 1.165) is 41.8 Å². The summed E-state index contributed by atoms with van der Waals surface area (Å²) in [6, 6.07) is 15.7. The molecule has 6 heteroatoms. The second-order valence-corrected chi connectivity index (χ2v) is 8.26. The van der Waals surface area contributed by atoms with Crippen LogP contribution in [-0.2, 0) is 11.2 Å². The molecule has 2 aromatic carbocycles. The van der Waals surface area contributed by atoms with Gasteiger partial charge in [-0.15, -0.1) is 0 Å². The lowest BCUT2D eigenvalue weighted by atomic mass is 9.82. The third-order valence-electron chi connectivity index (χ3n) is 5.80. The van der Waals surface area contributed by atoms with E-state index in [1.165, 1.54) is 5.57 Å². The summed E-state index contributed by atoms with van der Waals surface area (Å²) >= 11 is 6.51. The normalized spacial score (nSPS) is 21.3. The number of benzene rings is 2. The number of carbonyl (C=O) groups is 1. The molecule has 1 amide bonds. The van der Waals surface area contributed by atoms with Gasteiger partial charge in [0.05, 0.1) is 11.6 Å². The first-order valence-electron chi connectivity index (χ1n) is 10.7. The first-order valence-corrected chi connectivity index (χ1v) is 11.1. The monoisotopic (exact) mass is 438 g/mol. The molecule has 0 fully saturated rings. The van der Waals surface area contributed by atoms with Crippen molar-refractivity contribution in [1.82, 2.24) is 10.6 Å². The van der Waals surface area contributed by atoms with Crippen LogP contribution in [0.4, 0.5) is 0 Å². The molecule has 1 aliphatic heterocycles. The van der Waals surface area contributed by atoms with Crippen molar-refractivity contribution < 1.29 is 14.6 Å². The van der Waals surface area contributed by atoms with Gasteiger partial charge in [0.1, 0.15) is 5.75 Å². The summed E-state index contributed by atoms with van der Waals surface area (Å²) < 4.78 is 5.53. The van der Waals surface area contributed by atoms with Crippen LogP contribution in [0.1, 0.15) is 37.3 Å². The van der Waals surface area contributed by atoms with Crippen molar-refractivity contribution in [2.75, 3.05) is 6.61 Å². The number of nitrogens with one attached hydrogen (secondary N) is 2. The molecule has 5 nitrogen and oxygen atoms in total. The number of allylic oxidation sites excluding steroid dienone is 3. The number of halogens is 1. The van der Waals surface area contributed by atoms with E-state index in [9.17, 15) is 9.90 Å². The summed E-state index contributed by atoms with van der Waals surface area (Å²) in [5, 5.41) is 16.4. The minimum Gasteiger partial charge on any atom is -0.494 e. The fraction of sp³-hybridized carbons (Fsp3) is 0.320. The molecule has 2 aliphatic rings. The smallest absolute Gasteiger partial charge is 0.252 e. The maximum atomic E-state index is 12.7. The van der Waals surface area contributed by atoms with Crippen molar-refractivity contribution in [1.29, 1.82) is 0 Å². The Kier molecular flexibility index (Phi) is 6.64. The van der Waals surface area contributed by atoms with Crippen molar-refractivity contribution >= 4 is 23.1 Å². The predicted octanol–water partition coefficient (Wildman–Crippen LogP) is 4.41. The molecule has 31 heavy (non-hydrogen) atoms. The van der Waals surface area contributed by atoms with Crippen LogP contribution in [0.3, 0.4) is 0 Å². The third-order valence-corrected chi connectivity index (χ3v) is 6.11. The lowest BCUT2D eigenvalue weighted by molar-refractivity contribution is -0.122. The SMILES string of the molecule is CCOc1ccc(C2=CCC(C3=C(Cc4ccccc4)C(=O)NC(O)N3)CC2)c(Cl)c1.